The van der Waals surface area contributed by atoms with Crippen LogP contribution in [-0.2, 0) is 9.53 Å². The molecule has 3 fully saturated rings. The summed E-state index contributed by atoms with van der Waals surface area (Å²) in [6, 6.07) is -2.13. The first-order valence-corrected chi connectivity index (χ1v) is 12.5. The van der Waals surface area contributed by atoms with Gasteiger partial charge in [0.25, 0.3) is 0 Å². The molecular weight excluding hydrogens is 478 g/mol. The zero-order chi connectivity index (χ0) is 25.0. The number of ether oxygens (including phenoxy) is 1. The van der Waals surface area contributed by atoms with E-state index in [1.165, 1.54) is 11.9 Å². The number of halogens is 5. The zero-order valence-electron chi connectivity index (χ0n) is 19.9. The molecule has 0 aromatic heterocycles. The molecule has 2 aliphatic carbocycles. The Hall–Kier alpha value is -1.17. The lowest BCUT2D eigenvalue weighted by Gasteiger charge is -2.32. The predicted molar refractivity (Wildman–Crippen MR) is 122 cm³/mol. The average molecular weight is 514 g/mol. The van der Waals surface area contributed by atoms with Gasteiger partial charge in [-0.1, -0.05) is 13.8 Å². The number of methoxy groups -OCH3 is 1. The SMILES string of the molecule is CCN1NC(C(F)(F)F)C(C)C1/N=C(/NC(=O)C1CCC(OC)CC1)NC1CC(F)CC(Cl)C1. The molecule has 3 rings (SSSR count). The van der Waals surface area contributed by atoms with E-state index in [1.54, 1.807) is 14.0 Å². The van der Waals surface area contributed by atoms with Crippen molar-refractivity contribution in [3.63, 3.8) is 0 Å². The highest BCUT2D eigenvalue weighted by Gasteiger charge is 2.52. The van der Waals surface area contributed by atoms with Gasteiger partial charge in [0.15, 0.2) is 5.96 Å². The number of nitrogens with zero attached hydrogens (tertiary/aromatic N) is 2. The maximum atomic E-state index is 14.1. The minimum Gasteiger partial charge on any atom is -0.381 e. The summed E-state index contributed by atoms with van der Waals surface area (Å²) in [7, 11) is 1.65. The molecule has 0 spiro atoms. The van der Waals surface area contributed by atoms with Gasteiger partial charge in [0, 0.05) is 36.9 Å². The molecule has 1 saturated heterocycles. The van der Waals surface area contributed by atoms with Crippen LogP contribution in [0.5, 0.6) is 0 Å². The van der Waals surface area contributed by atoms with E-state index >= 15 is 0 Å². The van der Waals surface area contributed by atoms with E-state index < -0.39 is 30.5 Å². The quantitative estimate of drug-likeness (QED) is 0.227. The van der Waals surface area contributed by atoms with E-state index in [4.69, 9.17) is 16.3 Å². The van der Waals surface area contributed by atoms with Crippen molar-refractivity contribution < 1.29 is 27.1 Å². The zero-order valence-corrected chi connectivity index (χ0v) is 20.6. The number of nitrogens with one attached hydrogen (secondary N) is 3. The summed E-state index contributed by atoms with van der Waals surface area (Å²) in [6.07, 6.45) is -2.54. The number of hydrazine groups is 1. The number of rotatable bonds is 5. The Balaban J connectivity index is 1.79. The monoisotopic (exact) mass is 513 g/mol. The molecule has 0 radical (unpaired) electrons. The second-order valence-electron chi connectivity index (χ2n) is 9.63. The van der Waals surface area contributed by atoms with Crippen LogP contribution in [0.3, 0.4) is 0 Å². The fraction of sp³-hybridized carbons (Fsp3) is 0.909. The molecular formula is C22H36ClF4N5O2. The summed E-state index contributed by atoms with van der Waals surface area (Å²) in [4.78, 5) is 17.6. The van der Waals surface area contributed by atoms with Gasteiger partial charge in [0.2, 0.25) is 5.91 Å². The number of carbonyl (C=O) groups excluding carboxylic acids is 1. The van der Waals surface area contributed by atoms with Crippen LogP contribution in [0.2, 0.25) is 0 Å². The second-order valence-corrected chi connectivity index (χ2v) is 10.2. The molecule has 34 heavy (non-hydrogen) atoms. The van der Waals surface area contributed by atoms with Crippen LogP contribution in [-0.4, -0.2) is 72.6 Å². The lowest BCUT2D eigenvalue weighted by molar-refractivity contribution is -0.163. The third-order valence-corrected chi connectivity index (χ3v) is 7.48. The third-order valence-electron chi connectivity index (χ3n) is 7.13. The molecule has 7 nitrogen and oxygen atoms in total. The van der Waals surface area contributed by atoms with Crippen molar-refractivity contribution in [1.82, 2.24) is 21.1 Å². The van der Waals surface area contributed by atoms with Crippen LogP contribution in [0.15, 0.2) is 4.99 Å². The normalized spacial score (nSPS) is 38.1. The van der Waals surface area contributed by atoms with Gasteiger partial charge in [-0.15, -0.1) is 11.6 Å². The molecule has 1 aliphatic heterocycles. The molecule has 196 valence electrons. The summed E-state index contributed by atoms with van der Waals surface area (Å²) in [5, 5.41) is 6.94. The van der Waals surface area contributed by atoms with Gasteiger partial charge in [-0.2, -0.15) is 13.2 Å². The number of carbonyl (C=O) groups is 1. The van der Waals surface area contributed by atoms with Crippen LogP contribution in [0.1, 0.15) is 58.8 Å². The first-order chi connectivity index (χ1) is 16.0. The van der Waals surface area contributed by atoms with E-state index in [2.05, 4.69) is 21.1 Å². The minimum absolute atomic E-state index is 0.0711. The summed E-state index contributed by atoms with van der Waals surface area (Å²) in [5.41, 5.74) is 2.50. The van der Waals surface area contributed by atoms with Crippen LogP contribution in [0.4, 0.5) is 17.6 Å². The van der Waals surface area contributed by atoms with Crippen LogP contribution in [0, 0.1) is 11.8 Å². The molecule has 3 aliphatic rings. The fourth-order valence-corrected chi connectivity index (χ4v) is 5.59. The fourth-order valence-electron chi connectivity index (χ4n) is 5.18. The Morgan fingerprint density at radius 2 is 1.88 bits per heavy atom. The largest absolute Gasteiger partial charge is 0.405 e. The van der Waals surface area contributed by atoms with Crippen molar-refractivity contribution in [1.29, 1.82) is 0 Å². The predicted octanol–water partition coefficient (Wildman–Crippen LogP) is 3.48. The van der Waals surface area contributed by atoms with Gasteiger partial charge in [-0.05, 0) is 44.9 Å². The Morgan fingerprint density at radius 3 is 2.44 bits per heavy atom. The number of aliphatic imine (C=N–C) groups is 1. The third kappa shape index (κ3) is 6.95. The summed E-state index contributed by atoms with van der Waals surface area (Å²) in [5.74, 6) is -1.32. The number of hydrogen-bond acceptors (Lipinski definition) is 5. The van der Waals surface area contributed by atoms with Crippen molar-refractivity contribution in [3.05, 3.63) is 0 Å². The first kappa shape index (κ1) is 27.4. The molecule has 0 aromatic rings. The van der Waals surface area contributed by atoms with Gasteiger partial charge in [-0.25, -0.2) is 19.8 Å². The van der Waals surface area contributed by atoms with Gasteiger partial charge >= 0.3 is 6.18 Å². The van der Waals surface area contributed by atoms with E-state index in [0.29, 0.717) is 19.3 Å². The Labute approximate surface area is 203 Å². The number of amides is 1. The number of alkyl halides is 5. The second kappa shape index (κ2) is 11.7. The molecule has 3 N–H and O–H groups in total. The average Bonchev–Trinajstić information content (AvgIpc) is 3.08. The lowest BCUT2D eigenvalue weighted by atomic mass is 9.87. The van der Waals surface area contributed by atoms with Gasteiger partial charge < -0.3 is 10.1 Å². The summed E-state index contributed by atoms with van der Waals surface area (Å²) >= 11 is 6.19. The van der Waals surface area contributed by atoms with Crippen molar-refractivity contribution in [3.8, 4) is 0 Å². The first-order valence-electron chi connectivity index (χ1n) is 12.1. The van der Waals surface area contributed by atoms with Crippen molar-refractivity contribution in [2.24, 2.45) is 16.8 Å². The van der Waals surface area contributed by atoms with Crippen LogP contribution in [0.25, 0.3) is 0 Å². The Bertz CT molecular complexity index is 710. The van der Waals surface area contributed by atoms with Crippen LogP contribution >= 0.6 is 11.6 Å². The van der Waals surface area contributed by atoms with Crippen LogP contribution < -0.4 is 16.1 Å². The molecule has 1 heterocycles. The van der Waals surface area contributed by atoms with E-state index in [1.807, 2.05) is 0 Å². The van der Waals surface area contributed by atoms with E-state index in [0.717, 1.165) is 12.8 Å². The highest BCUT2D eigenvalue weighted by atomic mass is 35.5. The smallest absolute Gasteiger partial charge is 0.381 e. The van der Waals surface area contributed by atoms with Crippen molar-refractivity contribution >= 4 is 23.5 Å². The maximum Gasteiger partial charge on any atom is 0.405 e. The number of guanidine groups is 1. The van der Waals surface area contributed by atoms with Crippen molar-refractivity contribution in [2.45, 2.75) is 101 Å². The van der Waals surface area contributed by atoms with Crippen molar-refractivity contribution in [2.75, 3.05) is 13.7 Å². The minimum atomic E-state index is -4.44. The molecule has 6 atom stereocenters. The molecule has 2 saturated carbocycles. The molecule has 1 amide bonds. The highest BCUT2D eigenvalue weighted by molar-refractivity contribution is 6.20. The van der Waals surface area contributed by atoms with E-state index in [-0.39, 0.29) is 54.7 Å². The Morgan fingerprint density at radius 1 is 1.21 bits per heavy atom. The molecule has 0 bridgehead atoms. The highest BCUT2D eigenvalue weighted by Crippen LogP contribution is 2.34. The van der Waals surface area contributed by atoms with Gasteiger partial charge in [0.1, 0.15) is 18.4 Å². The molecule has 12 heteroatoms. The summed E-state index contributed by atoms with van der Waals surface area (Å²) < 4.78 is 60.0. The topological polar surface area (TPSA) is 78.0 Å². The standard InChI is InChI=1S/C22H36ClF4N5O2/c1-4-32-19(12(2)18(31-32)22(25,26)27)29-21(28-16-10-14(23)9-15(24)11-16)30-20(33)13-5-7-17(34-3)8-6-13/h12-19,31H,4-11H2,1-3H3,(H2,28,29,30,33). The molecule has 0 aromatic carbocycles. The lowest BCUT2D eigenvalue weighted by Crippen LogP contribution is -2.51. The Kier molecular flexibility index (Phi) is 9.44. The van der Waals surface area contributed by atoms with Gasteiger partial charge in [-0.3, -0.25) is 10.1 Å². The maximum absolute atomic E-state index is 14.1. The van der Waals surface area contributed by atoms with Gasteiger partial charge in [0.05, 0.1) is 6.10 Å². The number of hydrogen-bond donors (Lipinski definition) is 3. The molecule has 6 unspecified atom stereocenters. The van der Waals surface area contributed by atoms with E-state index in [9.17, 15) is 22.4 Å². The summed E-state index contributed by atoms with van der Waals surface area (Å²) in [6.45, 7) is 3.49.